The number of benzene rings is 2. The van der Waals surface area contributed by atoms with Crippen LogP contribution in [0.4, 0.5) is 0 Å². The van der Waals surface area contributed by atoms with Gasteiger partial charge in [-0.2, -0.15) is 4.31 Å². The second-order valence-electron chi connectivity index (χ2n) is 7.33. The molecule has 0 radical (unpaired) electrons. The Labute approximate surface area is 172 Å². The first kappa shape index (κ1) is 21.5. The van der Waals surface area contributed by atoms with Gasteiger partial charge < -0.3 is 10.1 Å². The van der Waals surface area contributed by atoms with Gasteiger partial charge in [0, 0.05) is 26.1 Å². The Morgan fingerprint density at radius 2 is 1.79 bits per heavy atom. The average molecular weight is 417 g/mol. The van der Waals surface area contributed by atoms with Crippen LogP contribution in [-0.4, -0.2) is 44.9 Å². The molecule has 1 aliphatic heterocycles. The largest absolute Gasteiger partial charge is 0.379 e. The Bertz CT molecular complexity index is 967. The van der Waals surface area contributed by atoms with E-state index in [0.717, 1.165) is 5.56 Å². The summed E-state index contributed by atoms with van der Waals surface area (Å²) >= 11 is 0. The summed E-state index contributed by atoms with van der Waals surface area (Å²) in [6.07, 6.45) is 1.02. The Morgan fingerprint density at radius 1 is 1.07 bits per heavy atom. The summed E-state index contributed by atoms with van der Waals surface area (Å²) in [5, 5.41) is 2.87. The molecular weight excluding hydrogens is 388 g/mol. The molecule has 0 aliphatic carbocycles. The Balaban J connectivity index is 1.62. The number of sulfonamides is 1. The van der Waals surface area contributed by atoms with Gasteiger partial charge in [0.25, 0.3) is 0 Å². The maximum Gasteiger partial charge on any atom is 0.243 e. The predicted octanol–water partition coefficient (Wildman–Crippen LogP) is 2.57. The molecule has 0 aromatic heterocycles. The van der Waals surface area contributed by atoms with Crippen molar-refractivity contribution in [2.24, 2.45) is 0 Å². The van der Waals surface area contributed by atoms with Crippen LogP contribution < -0.4 is 5.32 Å². The van der Waals surface area contributed by atoms with Crippen LogP contribution in [0.5, 0.6) is 0 Å². The predicted molar refractivity (Wildman–Crippen MR) is 112 cm³/mol. The highest BCUT2D eigenvalue weighted by atomic mass is 32.2. The van der Waals surface area contributed by atoms with E-state index in [1.165, 1.54) is 15.4 Å². The monoisotopic (exact) mass is 416 g/mol. The lowest BCUT2D eigenvalue weighted by atomic mass is 10.0. The molecular formula is C22H28N2O4S. The molecule has 1 heterocycles. The average Bonchev–Trinajstić information content (AvgIpc) is 2.72. The minimum atomic E-state index is -3.60. The van der Waals surface area contributed by atoms with Crippen LogP contribution in [-0.2, 0) is 32.5 Å². The number of aryl methyl sites for hydroxylation is 3. The highest BCUT2D eigenvalue weighted by molar-refractivity contribution is 7.89. The van der Waals surface area contributed by atoms with Gasteiger partial charge in [-0.25, -0.2) is 8.42 Å². The van der Waals surface area contributed by atoms with Crippen LogP contribution >= 0.6 is 0 Å². The molecule has 1 N–H and O–H groups in total. The lowest BCUT2D eigenvalue weighted by Crippen LogP contribution is -2.41. The van der Waals surface area contributed by atoms with E-state index in [0.29, 0.717) is 44.7 Å². The van der Waals surface area contributed by atoms with Crippen LogP contribution in [0.2, 0.25) is 0 Å². The van der Waals surface area contributed by atoms with Crippen molar-refractivity contribution >= 4 is 15.9 Å². The molecule has 6 nitrogen and oxygen atoms in total. The molecule has 1 saturated heterocycles. The smallest absolute Gasteiger partial charge is 0.243 e. The molecule has 1 fully saturated rings. The third-order valence-corrected chi connectivity index (χ3v) is 7.16. The number of rotatable bonds is 7. The zero-order valence-corrected chi connectivity index (χ0v) is 17.8. The Hall–Kier alpha value is -2.22. The summed E-state index contributed by atoms with van der Waals surface area (Å²) in [5.74, 6) is -0.0939. The summed E-state index contributed by atoms with van der Waals surface area (Å²) in [4.78, 5) is 12.6. The van der Waals surface area contributed by atoms with Crippen LogP contribution in [0.25, 0.3) is 0 Å². The molecule has 0 unspecified atom stereocenters. The van der Waals surface area contributed by atoms with E-state index >= 15 is 0 Å². The van der Waals surface area contributed by atoms with Gasteiger partial charge in [-0.05, 0) is 43.0 Å². The SMILES string of the molecule is Cc1ccc(CCC(=O)NCc2ccccc2S(=O)(=O)N2CCOCC2)c(C)c1. The zero-order valence-electron chi connectivity index (χ0n) is 17.0. The van der Waals surface area contributed by atoms with E-state index in [-0.39, 0.29) is 17.3 Å². The molecule has 1 amide bonds. The number of hydrogen-bond donors (Lipinski definition) is 1. The Kier molecular flexibility index (Phi) is 7.05. The fraction of sp³-hybridized carbons (Fsp3) is 0.409. The van der Waals surface area contributed by atoms with Crippen LogP contribution in [0.3, 0.4) is 0 Å². The van der Waals surface area contributed by atoms with Gasteiger partial charge >= 0.3 is 0 Å². The lowest BCUT2D eigenvalue weighted by molar-refractivity contribution is -0.121. The van der Waals surface area contributed by atoms with Gasteiger partial charge in [0.15, 0.2) is 0 Å². The first-order valence-corrected chi connectivity index (χ1v) is 11.3. The number of morpholine rings is 1. The molecule has 7 heteroatoms. The number of carbonyl (C=O) groups excluding carboxylic acids is 1. The minimum absolute atomic E-state index is 0.0939. The van der Waals surface area contributed by atoms with Crippen molar-refractivity contribution in [3.05, 3.63) is 64.7 Å². The van der Waals surface area contributed by atoms with E-state index in [4.69, 9.17) is 4.74 Å². The molecule has 156 valence electrons. The standard InChI is InChI=1S/C22H28N2O4S/c1-17-7-8-19(18(2)15-17)9-10-22(25)23-16-20-5-3-4-6-21(20)29(26,27)24-11-13-28-14-12-24/h3-8,15H,9-14,16H2,1-2H3,(H,23,25). The van der Waals surface area contributed by atoms with Gasteiger partial charge in [-0.1, -0.05) is 42.0 Å². The first-order valence-electron chi connectivity index (χ1n) is 9.86. The van der Waals surface area contributed by atoms with Crippen molar-refractivity contribution in [3.8, 4) is 0 Å². The van der Waals surface area contributed by atoms with Gasteiger partial charge in [0.05, 0.1) is 18.1 Å². The molecule has 2 aromatic carbocycles. The summed E-state index contributed by atoms with van der Waals surface area (Å²) in [5.41, 5.74) is 4.13. The molecule has 29 heavy (non-hydrogen) atoms. The third kappa shape index (κ3) is 5.44. The normalized spacial score (nSPS) is 15.2. The maximum atomic E-state index is 13.0. The van der Waals surface area contributed by atoms with Crippen molar-refractivity contribution in [1.29, 1.82) is 0 Å². The molecule has 0 bridgehead atoms. The molecule has 2 aromatic rings. The summed E-state index contributed by atoms with van der Waals surface area (Å²) < 4.78 is 32.7. The molecule has 0 atom stereocenters. The first-order chi connectivity index (χ1) is 13.9. The van der Waals surface area contributed by atoms with Crippen molar-refractivity contribution < 1.29 is 17.9 Å². The van der Waals surface area contributed by atoms with Gasteiger partial charge in [-0.3, -0.25) is 4.79 Å². The number of nitrogens with zero attached hydrogens (tertiary/aromatic N) is 1. The molecule has 3 rings (SSSR count). The number of hydrogen-bond acceptors (Lipinski definition) is 4. The Morgan fingerprint density at radius 3 is 2.52 bits per heavy atom. The maximum absolute atomic E-state index is 13.0. The van der Waals surface area contributed by atoms with E-state index in [1.807, 2.05) is 19.9 Å². The lowest BCUT2D eigenvalue weighted by Gasteiger charge is -2.27. The zero-order chi connectivity index (χ0) is 20.9. The van der Waals surface area contributed by atoms with Crippen molar-refractivity contribution in [3.63, 3.8) is 0 Å². The second-order valence-corrected chi connectivity index (χ2v) is 9.24. The van der Waals surface area contributed by atoms with E-state index in [2.05, 4.69) is 17.4 Å². The van der Waals surface area contributed by atoms with Crippen molar-refractivity contribution in [1.82, 2.24) is 9.62 Å². The quantitative estimate of drug-likeness (QED) is 0.753. The summed E-state index contributed by atoms with van der Waals surface area (Å²) in [6.45, 7) is 5.77. The van der Waals surface area contributed by atoms with Gasteiger partial charge in [0.1, 0.15) is 0 Å². The van der Waals surface area contributed by atoms with E-state index < -0.39 is 10.0 Å². The fourth-order valence-corrected chi connectivity index (χ4v) is 5.11. The van der Waals surface area contributed by atoms with E-state index in [9.17, 15) is 13.2 Å². The van der Waals surface area contributed by atoms with Crippen LogP contribution in [0.1, 0.15) is 28.7 Å². The minimum Gasteiger partial charge on any atom is -0.379 e. The number of amides is 1. The van der Waals surface area contributed by atoms with Crippen LogP contribution in [0, 0.1) is 13.8 Å². The highest BCUT2D eigenvalue weighted by Gasteiger charge is 2.28. The van der Waals surface area contributed by atoms with Crippen LogP contribution in [0.15, 0.2) is 47.4 Å². The second kappa shape index (κ2) is 9.52. The number of carbonyl (C=O) groups is 1. The third-order valence-electron chi connectivity index (χ3n) is 5.16. The van der Waals surface area contributed by atoms with Crippen molar-refractivity contribution in [2.75, 3.05) is 26.3 Å². The molecule has 1 aliphatic rings. The number of ether oxygens (including phenoxy) is 1. The highest BCUT2D eigenvalue weighted by Crippen LogP contribution is 2.21. The van der Waals surface area contributed by atoms with E-state index in [1.54, 1.807) is 24.3 Å². The molecule has 0 spiro atoms. The van der Waals surface area contributed by atoms with Gasteiger partial charge in [0.2, 0.25) is 15.9 Å². The number of nitrogens with one attached hydrogen (secondary N) is 1. The summed E-state index contributed by atoms with van der Waals surface area (Å²) in [7, 11) is -3.60. The fourth-order valence-electron chi connectivity index (χ4n) is 3.48. The molecule has 0 saturated carbocycles. The van der Waals surface area contributed by atoms with Crippen molar-refractivity contribution in [2.45, 2.75) is 38.1 Å². The summed E-state index contributed by atoms with van der Waals surface area (Å²) in [6, 6.07) is 13.1. The topological polar surface area (TPSA) is 75.7 Å². The van der Waals surface area contributed by atoms with Gasteiger partial charge in [-0.15, -0.1) is 0 Å².